The topological polar surface area (TPSA) is 45.3 Å². The number of aromatic amines is 1. The Morgan fingerprint density at radius 3 is 3.00 bits per heavy atom. The van der Waals surface area contributed by atoms with Crippen molar-refractivity contribution in [3.05, 3.63) is 36.0 Å². The number of nitrogens with one attached hydrogen (secondary N) is 1. The Balaban J connectivity index is 2.01. The molecule has 1 fully saturated rings. The Labute approximate surface area is 112 Å². The predicted molar refractivity (Wildman–Crippen MR) is 74.2 cm³/mol. The highest BCUT2D eigenvalue weighted by Crippen LogP contribution is 2.25. The first kappa shape index (κ1) is 12.2. The van der Waals surface area contributed by atoms with Gasteiger partial charge in [-0.05, 0) is 32.0 Å². The molecule has 1 amide bonds. The number of morpholine rings is 1. The molecule has 0 spiro atoms. The number of rotatable bonds is 1. The molecule has 0 atom stereocenters. The van der Waals surface area contributed by atoms with E-state index in [1.54, 1.807) is 0 Å². The molecule has 0 aliphatic carbocycles. The molecule has 0 saturated carbocycles. The van der Waals surface area contributed by atoms with Gasteiger partial charge in [-0.3, -0.25) is 4.79 Å². The lowest BCUT2D eigenvalue weighted by Crippen LogP contribution is -2.55. The van der Waals surface area contributed by atoms with Crippen LogP contribution in [0.2, 0.25) is 0 Å². The molecule has 4 heteroatoms. The van der Waals surface area contributed by atoms with E-state index < -0.39 is 0 Å². The smallest absolute Gasteiger partial charge is 0.255 e. The normalized spacial score (nSPS) is 18.7. The fourth-order valence-electron chi connectivity index (χ4n) is 2.65. The fraction of sp³-hybridized carbons (Fsp3) is 0.400. The van der Waals surface area contributed by atoms with Gasteiger partial charge >= 0.3 is 0 Å². The maximum absolute atomic E-state index is 12.8. The summed E-state index contributed by atoms with van der Waals surface area (Å²) in [5.74, 6) is 0.0819. The second-order valence-corrected chi connectivity index (χ2v) is 5.57. The zero-order valence-corrected chi connectivity index (χ0v) is 11.3. The van der Waals surface area contributed by atoms with Crippen molar-refractivity contribution in [2.75, 3.05) is 19.8 Å². The highest BCUT2D eigenvalue weighted by molar-refractivity contribution is 6.06. The van der Waals surface area contributed by atoms with E-state index >= 15 is 0 Å². The summed E-state index contributed by atoms with van der Waals surface area (Å²) >= 11 is 0. The number of ether oxygens (including phenoxy) is 1. The maximum atomic E-state index is 12.8. The van der Waals surface area contributed by atoms with Crippen LogP contribution in [0.25, 0.3) is 10.9 Å². The predicted octanol–water partition coefficient (Wildman–Crippen LogP) is 2.42. The number of amides is 1. The lowest BCUT2D eigenvalue weighted by Gasteiger charge is -2.42. The summed E-state index contributed by atoms with van der Waals surface area (Å²) in [5.41, 5.74) is 1.50. The highest BCUT2D eigenvalue weighted by atomic mass is 16.5. The third kappa shape index (κ3) is 2.02. The zero-order valence-electron chi connectivity index (χ0n) is 11.3. The van der Waals surface area contributed by atoms with E-state index in [0.717, 1.165) is 16.5 Å². The van der Waals surface area contributed by atoms with Gasteiger partial charge in [-0.15, -0.1) is 0 Å². The molecule has 2 heterocycles. The van der Waals surface area contributed by atoms with Gasteiger partial charge in [0, 0.05) is 29.2 Å². The van der Waals surface area contributed by atoms with Crippen molar-refractivity contribution >= 4 is 16.8 Å². The van der Waals surface area contributed by atoms with Crippen molar-refractivity contribution in [3.63, 3.8) is 0 Å². The molecular weight excluding hydrogens is 240 g/mol. The van der Waals surface area contributed by atoms with E-state index in [-0.39, 0.29) is 11.4 Å². The minimum absolute atomic E-state index is 0.0819. The SMILES string of the molecule is CC1(C)COCCN1C(=O)c1cccc2[nH]ccc12. The van der Waals surface area contributed by atoms with E-state index in [1.165, 1.54) is 0 Å². The summed E-state index contributed by atoms with van der Waals surface area (Å²) in [4.78, 5) is 17.8. The number of hydrogen-bond acceptors (Lipinski definition) is 2. The summed E-state index contributed by atoms with van der Waals surface area (Å²) in [5, 5.41) is 0.981. The largest absolute Gasteiger partial charge is 0.377 e. The lowest BCUT2D eigenvalue weighted by molar-refractivity contribution is -0.0369. The number of carbonyl (C=O) groups excluding carboxylic acids is 1. The Morgan fingerprint density at radius 2 is 2.21 bits per heavy atom. The molecule has 1 aliphatic heterocycles. The Bertz CT molecular complexity index is 615. The van der Waals surface area contributed by atoms with E-state index in [1.807, 2.05) is 49.2 Å². The van der Waals surface area contributed by atoms with E-state index in [4.69, 9.17) is 4.74 Å². The monoisotopic (exact) mass is 258 g/mol. The third-order valence-electron chi connectivity index (χ3n) is 3.72. The average molecular weight is 258 g/mol. The van der Waals surface area contributed by atoms with Gasteiger partial charge in [0.2, 0.25) is 0 Å². The second-order valence-electron chi connectivity index (χ2n) is 5.57. The van der Waals surface area contributed by atoms with Crippen molar-refractivity contribution in [2.45, 2.75) is 19.4 Å². The summed E-state index contributed by atoms with van der Waals surface area (Å²) in [7, 11) is 0. The quantitative estimate of drug-likeness (QED) is 0.853. The Hall–Kier alpha value is -1.81. The minimum atomic E-state index is -0.256. The van der Waals surface area contributed by atoms with E-state index in [9.17, 15) is 4.79 Å². The van der Waals surface area contributed by atoms with Crippen molar-refractivity contribution in [1.29, 1.82) is 0 Å². The van der Waals surface area contributed by atoms with Crippen LogP contribution >= 0.6 is 0 Å². The van der Waals surface area contributed by atoms with Crippen LogP contribution in [0.1, 0.15) is 24.2 Å². The van der Waals surface area contributed by atoms with Gasteiger partial charge in [-0.1, -0.05) is 6.07 Å². The molecule has 1 aliphatic rings. The number of H-pyrrole nitrogens is 1. The lowest BCUT2D eigenvalue weighted by atomic mass is 10.00. The first-order valence-corrected chi connectivity index (χ1v) is 6.55. The van der Waals surface area contributed by atoms with Crippen molar-refractivity contribution < 1.29 is 9.53 Å². The first-order chi connectivity index (χ1) is 9.09. The van der Waals surface area contributed by atoms with Crippen molar-refractivity contribution in [1.82, 2.24) is 9.88 Å². The Kier molecular flexibility index (Phi) is 2.82. The van der Waals surface area contributed by atoms with Gasteiger partial charge in [-0.25, -0.2) is 0 Å². The van der Waals surface area contributed by atoms with Gasteiger partial charge in [0.05, 0.1) is 18.8 Å². The molecule has 1 saturated heterocycles. The second kappa shape index (κ2) is 4.38. The number of benzene rings is 1. The molecule has 100 valence electrons. The molecule has 4 nitrogen and oxygen atoms in total. The molecule has 1 N–H and O–H groups in total. The van der Waals surface area contributed by atoms with Crippen LogP contribution in [-0.4, -0.2) is 41.1 Å². The number of nitrogens with zero attached hydrogens (tertiary/aromatic N) is 1. The van der Waals surface area contributed by atoms with Crippen molar-refractivity contribution in [2.24, 2.45) is 0 Å². The van der Waals surface area contributed by atoms with Crippen LogP contribution in [-0.2, 0) is 4.74 Å². The summed E-state index contributed by atoms with van der Waals surface area (Å²) in [6.07, 6.45) is 1.87. The number of hydrogen-bond donors (Lipinski definition) is 1. The summed E-state index contributed by atoms with van der Waals surface area (Å²) < 4.78 is 5.47. The maximum Gasteiger partial charge on any atom is 0.255 e. The van der Waals surface area contributed by atoms with Gasteiger partial charge in [-0.2, -0.15) is 0 Å². The van der Waals surface area contributed by atoms with Crippen molar-refractivity contribution in [3.8, 4) is 0 Å². The van der Waals surface area contributed by atoms with Crippen LogP contribution in [0, 0.1) is 0 Å². The van der Waals surface area contributed by atoms with E-state index in [0.29, 0.717) is 19.8 Å². The fourth-order valence-corrected chi connectivity index (χ4v) is 2.65. The van der Waals surface area contributed by atoms with Crippen LogP contribution in [0.4, 0.5) is 0 Å². The molecule has 3 rings (SSSR count). The third-order valence-corrected chi connectivity index (χ3v) is 3.72. The highest BCUT2D eigenvalue weighted by Gasteiger charge is 2.35. The van der Waals surface area contributed by atoms with Gasteiger partial charge in [0.25, 0.3) is 5.91 Å². The van der Waals surface area contributed by atoms with E-state index in [2.05, 4.69) is 4.98 Å². The molecule has 19 heavy (non-hydrogen) atoms. The number of carbonyl (C=O) groups is 1. The van der Waals surface area contributed by atoms with Gasteiger partial charge < -0.3 is 14.6 Å². The van der Waals surface area contributed by atoms with Gasteiger partial charge in [0.15, 0.2) is 0 Å². The number of aromatic nitrogens is 1. The standard InChI is InChI=1S/C15H18N2O2/c1-15(2)10-19-9-8-17(15)14(18)12-4-3-5-13-11(12)6-7-16-13/h3-7,16H,8-10H2,1-2H3. The minimum Gasteiger partial charge on any atom is -0.377 e. The molecule has 0 radical (unpaired) electrons. The summed E-state index contributed by atoms with van der Waals surface area (Å²) in [6.45, 7) is 5.93. The first-order valence-electron chi connectivity index (χ1n) is 6.55. The molecule has 1 aromatic heterocycles. The van der Waals surface area contributed by atoms with Gasteiger partial charge in [0.1, 0.15) is 0 Å². The zero-order chi connectivity index (χ0) is 13.5. The molecule has 1 aromatic carbocycles. The Morgan fingerprint density at radius 1 is 1.37 bits per heavy atom. The average Bonchev–Trinajstić information content (AvgIpc) is 2.85. The molecule has 2 aromatic rings. The van der Waals surface area contributed by atoms with Crippen LogP contribution < -0.4 is 0 Å². The number of fused-ring (bicyclic) bond motifs is 1. The van der Waals surface area contributed by atoms with Crippen LogP contribution in [0.3, 0.4) is 0 Å². The molecular formula is C15H18N2O2. The van der Waals surface area contributed by atoms with Crippen LogP contribution in [0.15, 0.2) is 30.5 Å². The summed E-state index contributed by atoms with van der Waals surface area (Å²) in [6, 6.07) is 7.75. The molecule has 0 unspecified atom stereocenters. The molecule has 0 bridgehead atoms. The van der Waals surface area contributed by atoms with Crippen LogP contribution in [0.5, 0.6) is 0 Å².